The predicted molar refractivity (Wildman–Crippen MR) is 167 cm³/mol. The lowest BCUT2D eigenvalue weighted by Crippen LogP contribution is -2.29. The molecule has 224 valence electrons. The highest BCUT2D eigenvalue weighted by Gasteiger charge is 2.48. The number of anilines is 1. The number of rotatable bonds is 10. The molecule has 44 heavy (non-hydrogen) atoms. The molecule has 10 heteroatoms. The summed E-state index contributed by atoms with van der Waals surface area (Å²) in [6, 6.07) is 20.4. The van der Waals surface area contributed by atoms with Crippen LogP contribution in [0.15, 0.2) is 91.0 Å². The fraction of sp³-hybridized carbons (Fsp3) is 0.176. The second-order valence-corrected chi connectivity index (χ2v) is 11.0. The van der Waals surface area contributed by atoms with Crippen LogP contribution in [0.3, 0.4) is 0 Å². The number of ketones is 1. The molecule has 4 aromatic rings. The van der Waals surface area contributed by atoms with E-state index in [0.717, 1.165) is 22.5 Å². The third-order valence-electron chi connectivity index (χ3n) is 6.98. The number of aryl methyl sites for hydroxylation is 2. The molecule has 0 saturated carbocycles. The van der Waals surface area contributed by atoms with E-state index in [4.69, 9.17) is 14.2 Å². The lowest BCUT2D eigenvalue weighted by atomic mass is 9.95. The van der Waals surface area contributed by atoms with Crippen LogP contribution < -0.4 is 14.4 Å². The molecule has 9 nitrogen and oxygen atoms in total. The molecule has 1 aromatic heterocycles. The van der Waals surface area contributed by atoms with Crippen molar-refractivity contribution >= 4 is 39.9 Å². The van der Waals surface area contributed by atoms with Gasteiger partial charge >= 0.3 is 11.9 Å². The number of benzene rings is 3. The van der Waals surface area contributed by atoms with E-state index in [1.807, 2.05) is 31.2 Å². The highest BCUT2D eigenvalue weighted by molar-refractivity contribution is 7.17. The van der Waals surface area contributed by atoms with Gasteiger partial charge in [-0.2, -0.15) is 0 Å². The highest BCUT2D eigenvalue weighted by Crippen LogP contribution is 2.44. The first kappa shape index (κ1) is 30.2. The molecule has 1 N–H and O–H groups in total. The van der Waals surface area contributed by atoms with Gasteiger partial charge in [-0.05, 0) is 61.4 Å². The number of Topliss-reactive ketones (excluding diaryl/α,β-unsaturated/α-hetero) is 1. The molecule has 0 spiro atoms. The molecule has 0 aliphatic carbocycles. The molecule has 0 radical (unpaired) electrons. The fourth-order valence-electron chi connectivity index (χ4n) is 4.86. The van der Waals surface area contributed by atoms with Gasteiger partial charge in [0, 0.05) is 5.56 Å². The molecule has 1 unspecified atom stereocenters. The molecular weight excluding hydrogens is 580 g/mol. The van der Waals surface area contributed by atoms with Crippen molar-refractivity contribution in [3.8, 4) is 11.5 Å². The van der Waals surface area contributed by atoms with Crippen LogP contribution in [0.4, 0.5) is 5.13 Å². The second kappa shape index (κ2) is 13.0. The van der Waals surface area contributed by atoms with Gasteiger partial charge in [-0.25, -0.2) is 9.78 Å². The Morgan fingerprint density at radius 1 is 1.05 bits per heavy atom. The third-order valence-corrected chi connectivity index (χ3v) is 8.12. The number of methoxy groups -OCH3 is 1. The van der Waals surface area contributed by atoms with E-state index >= 15 is 0 Å². The zero-order valence-corrected chi connectivity index (χ0v) is 25.2. The average Bonchev–Trinajstić information content (AvgIpc) is 3.54. The maximum atomic E-state index is 13.6. The van der Waals surface area contributed by atoms with Crippen LogP contribution in [-0.2, 0) is 20.9 Å². The van der Waals surface area contributed by atoms with Crippen molar-refractivity contribution < 1.29 is 33.7 Å². The van der Waals surface area contributed by atoms with E-state index < -0.39 is 23.7 Å². The maximum Gasteiger partial charge on any atom is 0.350 e. The van der Waals surface area contributed by atoms with Gasteiger partial charge in [0.1, 0.15) is 35.3 Å². The Labute approximate surface area is 258 Å². The van der Waals surface area contributed by atoms with Crippen molar-refractivity contribution in [1.29, 1.82) is 0 Å². The Kier molecular flexibility index (Phi) is 8.91. The van der Waals surface area contributed by atoms with Crippen LogP contribution >= 0.6 is 11.3 Å². The molecule has 1 fully saturated rings. The monoisotopic (exact) mass is 610 g/mol. The summed E-state index contributed by atoms with van der Waals surface area (Å²) in [4.78, 5) is 45.6. The van der Waals surface area contributed by atoms with Crippen LogP contribution in [0.25, 0.3) is 5.76 Å². The van der Waals surface area contributed by atoms with Crippen LogP contribution in [0.2, 0.25) is 0 Å². The van der Waals surface area contributed by atoms with E-state index in [2.05, 4.69) is 11.6 Å². The SMILES string of the molecule is C=CCOC(=O)c1sc(N2C(=O)C(=O)C(=C(O)c3ccc(OCc4cccc(C)c4)cc3)C2c2cccc(OC)c2)nc1C. The maximum absolute atomic E-state index is 13.6. The van der Waals surface area contributed by atoms with Gasteiger partial charge in [-0.3, -0.25) is 14.5 Å². The normalized spacial score (nSPS) is 15.7. The van der Waals surface area contributed by atoms with E-state index in [0.29, 0.717) is 34.9 Å². The summed E-state index contributed by atoms with van der Waals surface area (Å²) < 4.78 is 16.5. The Morgan fingerprint density at radius 3 is 2.50 bits per heavy atom. The summed E-state index contributed by atoms with van der Waals surface area (Å²) in [5, 5.41) is 11.6. The zero-order chi connectivity index (χ0) is 31.4. The number of aliphatic hydroxyl groups is 1. The number of hydrogen-bond acceptors (Lipinski definition) is 9. The summed E-state index contributed by atoms with van der Waals surface area (Å²) in [5.74, 6) is -1.70. The van der Waals surface area contributed by atoms with Gasteiger partial charge in [0.2, 0.25) is 0 Å². The van der Waals surface area contributed by atoms with Gasteiger partial charge in [0.25, 0.3) is 5.78 Å². The van der Waals surface area contributed by atoms with Crippen LogP contribution in [0.1, 0.15) is 43.7 Å². The number of carbonyl (C=O) groups is 3. The molecule has 5 rings (SSSR count). The van der Waals surface area contributed by atoms with Gasteiger partial charge < -0.3 is 19.3 Å². The number of thiazole rings is 1. The van der Waals surface area contributed by atoms with Crippen molar-refractivity contribution in [2.45, 2.75) is 26.5 Å². The molecule has 1 atom stereocenters. The summed E-state index contributed by atoms with van der Waals surface area (Å²) >= 11 is 0.926. The topological polar surface area (TPSA) is 115 Å². The average molecular weight is 611 g/mol. The Bertz CT molecular complexity index is 1770. The van der Waals surface area contributed by atoms with Gasteiger partial charge in [-0.1, -0.05) is 66.0 Å². The molecule has 0 bridgehead atoms. The van der Waals surface area contributed by atoms with Crippen molar-refractivity contribution in [3.63, 3.8) is 0 Å². The molecule has 1 saturated heterocycles. The third kappa shape index (κ3) is 6.11. The minimum Gasteiger partial charge on any atom is -0.507 e. The molecule has 1 aliphatic heterocycles. The summed E-state index contributed by atoms with van der Waals surface area (Å²) in [6.45, 7) is 7.55. The number of amides is 1. The standard InChI is InChI=1S/C34H30N2O7S/c1-5-16-42-33(40)31-21(3)35-34(44-31)36-28(24-10-7-11-26(18-24)41-4)27(30(38)32(36)39)29(37)23-12-14-25(15-13-23)43-19-22-9-6-8-20(2)17-22/h5-15,17-18,28,37H,1,16,19H2,2-4H3. The highest BCUT2D eigenvalue weighted by atomic mass is 32.1. The molecule has 1 amide bonds. The van der Waals surface area contributed by atoms with Crippen LogP contribution in [0.5, 0.6) is 11.5 Å². The van der Waals surface area contributed by atoms with E-state index in [9.17, 15) is 19.5 Å². The minimum atomic E-state index is -1.05. The lowest BCUT2D eigenvalue weighted by Gasteiger charge is -2.23. The van der Waals surface area contributed by atoms with Gasteiger partial charge in [0.05, 0.1) is 24.4 Å². The fourth-order valence-corrected chi connectivity index (χ4v) is 5.85. The number of aliphatic hydroxyl groups excluding tert-OH is 1. The van der Waals surface area contributed by atoms with E-state index in [1.54, 1.807) is 55.5 Å². The van der Waals surface area contributed by atoms with Crippen molar-refractivity contribution in [2.24, 2.45) is 0 Å². The molecule has 2 heterocycles. The summed E-state index contributed by atoms with van der Waals surface area (Å²) in [5.41, 5.74) is 3.19. The molecule has 3 aromatic carbocycles. The Balaban J connectivity index is 1.53. The van der Waals surface area contributed by atoms with Crippen molar-refractivity contribution in [3.05, 3.63) is 124 Å². The number of esters is 1. The van der Waals surface area contributed by atoms with Crippen molar-refractivity contribution in [2.75, 3.05) is 18.6 Å². The number of ether oxygens (including phenoxy) is 3. The van der Waals surface area contributed by atoms with Crippen LogP contribution in [0, 0.1) is 13.8 Å². The number of aromatic nitrogens is 1. The molecular formula is C34H30N2O7S. The number of carbonyl (C=O) groups excluding carboxylic acids is 3. The largest absolute Gasteiger partial charge is 0.507 e. The lowest BCUT2D eigenvalue weighted by molar-refractivity contribution is -0.132. The van der Waals surface area contributed by atoms with E-state index in [1.165, 1.54) is 18.1 Å². The summed E-state index contributed by atoms with van der Waals surface area (Å²) in [6.07, 6.45) is 1.44. The minimum absolute atomic E-state index is 0.00951. The quantitative estimate of drug-likeness (QED) is 0.0730. The first-order valence-corrected chi connectivity index (χ1v) is 14.5. The molecule has 1 aliphatic rings. The first-order valence-electron chi connectivity index (χ1n) is 13.7. The predicted octanol–water partition coefficient (Wildman–Crippen LogP) is 6.32. The Hall–Kier alpha value is -5.22. The first-order chi connectivity index (χ1) is 21.2. The summed E-state index contributed by atoms with van der Waals surface area (Å²) in [7, 11) is 1.50. The van der Waals surface area contributed by atoms with E-state index in [-0.39, 0.29) is 27.9 Å². The van der Waals surface area contributed by atoms with Gasteiger partial charge in [0.15, 0.2) is 5.13 Å². The van der Waals surface area contributed by atoms with Crippen molar-refractivity contribution in [1.82, 2.24) is 4.98 Å². The Morgan fingerprint density at radius 2 is 1.80 bits per heavy atom. The zero-order valence-electron chi connectivity index (χ0n) is 24.4. The number of nitrogens with zero attached hydrogens (tertiary/aromatic N) is 2. The van der Waals surface area contributed by atoms with Crippen LogP contribution in [-0.4, -0.2) is 41.5 Å². The smallest absolute Gasteiger partial charge is 0.350 e. The van der Waals surface area contributed by atoms with Gasteiger partial charge in [-0.15, -0.1) is 0 Å². The number of hydrogen-bond donors (Lipinski definition) is 1. The second-order valence-electron chi connectivity index (χ2n) is 10.0.